The standard InChI is InChI=1S/C25H29NO14/c1-6-34-24(31)19(11-17-9-7-8-10-18(17)26(32)33)39-25-23(38-16(5)30)22(37-15(4)29)21(36-14(3)28)20(40-25)12-35-13(2)27/h7-11,20-23,25H,6,12H2,1-5H3/t20-,21+,22+,23-,25-/m0/s1. The second-order valence-corrected chi connectivity index (χ2v) is 8.23. The van der Waals surface area contributed by atoms with E-state index in [9.17, 15) is 34.1 Å². The number of nitro groups is 1. The molecule has 1 aliphatic heterocycles. The Balaban J connectivity index is 2.64. The summed E-state index contributed by atoms with van der Waals surface area (Å²) in [5, 5.41) is 11.5. The zero-order valence-electron chi connectivity index (χ0n) is 22.4. The van der Waals surface area contributed by atoms with E-state index < -0.39 is 77.8 Å². The quantitative estimate of drug-likeness (QED) is 0.0934. The maximum Gasteiger partial charge on any atom is 0.373 e. The molecule has 0 unspecified atom stereocenters. The Bertz CT molecular complexity index is 1160. The van der Waals surface area contributed by atoms with Crippen LogP contribution >= 0.6 is 0 Å². The molecule has 1 aromatic rings. The molecule has 0 bridgehead atoms. The summed E-state index contributed by atoms with van der Waals surface area (Å²) < 4.78 is 37.5. The molecule has 15 heteroatoms. The van der Waals surface area contributed by atoms with Gasteiger partial charge in [-0.3, -0.25) is 29.3 Å². The number of carbonyl (C=O) groups is 5. The molecule has 0 spiro atoms. The van der Waals surface area contributed by atoms with Crippen molar-refractivity contribution in [2.45, 2.75) is 65.3 Å². The number of hydrogen-bond acceptors (Lipinski definition) is 14. The van der Waals surface area contributed by atoms with Gasteiger partial charge in [0.05, 0.1) is 17.1 Å². The number of rotatable bonds is 11. The molecule has 0 aliphatic carbocycles. The van der Waals surface area contributed by atoms with Crippen molar-refractivity contribution in [3.63, 3.8) is 0 Å². The van der Waals surface area contributed by atoms with Gasteiger partial charge in [0.25, 0.3) is 5.69 Å². The highest BCUT2D eigenvalue weighted by Crippen LogP contribution is 2.32. The Labute approximate surface area is 228 Å². The lowest BCUT2D eigenvalue weighted by Crippen LogP contribution is -2.63. The smallest absolute Gasteiger partial charge is 0.373 e. The van der Waals surface area contributed by atoms with Gasteiger partial charge in [0, 0.05) is 39.8 Å². The molecule has 0 N–H and O–H groups in total. The van der Waals surface area contributed by atoms with E-state index >= 15 is 0 Å². The van der Waals surface area contributed by atoms with Crippen LogP contribution in [0.25, 0.3) is 6.08 Å². The molecular formula is C25H29NO14. The van der Waals surface area contributed by atoms with Crippen molar-refractivity contribution in [2.24, 2.45) is 0 Å². The molecular weight excluding hydrogens is 538 g/mol. The van der Waals surface area contributed by atoms with Gasteiger partial charge in [0.1, 0.15) is 12.7 Å². The summed E-state index contributed by atoms with van der Waals surface area (Å²) in [5.41, 5.74) is -0.407. The molecule has 15 nitrogen and oxygen atoms in total. The lowest BCUT2D eigenvalue weighted by atomic mass is 9.98. The van der Waals surface area contributed by atoms with Gasteiger partial charge in [-0.25, -0.2) is 4.79 Å². The Morgan fingerprint density at radius 1 is 0.850 bits per heavy atom. The first-order valence-corrected chi connectivity index (χ1v) is 11.9. The Kier molecular flexibility index (Phi) is 11.5. The summed E-state index contributed by atoms with van der Waals surface area (Å²) in [6.07, 6.45) is -6.72. The Hall–Kier alpha value is -4.53. The lowest BCUT2D eigenvalue weighted by molar-refractivity contribution is -0.385. The van der Waals surface area contributed by atoms with Crippen LogP contribution in [-0.2, 0) is 57.1 Å². The van der Waals surface area contributed by atoms with Crippen LogP contribution in [0.5, 0.6) is 0 Å². The predicted octanol–water partition coefficient (Wildman–Crippen LogP) is 1.60. The molecule has 218 valence electrons. The van der Waals surface area contributed by atoms with E-state index in [0.717, 1.165) is 33.8 Å². The van der Waals surface area contributed by atoms with E-state index in [1.807, 2.05) is 0 Å². The number of ether oxygens (including phenoxy) is 7. The van der Waals surface area contributed by atoms with Gasteiger partial charge < -0.3 is 33.2 Å². The van der Waals surface area contributed by atoms with Crippen LogP contribution in [0.4, 0.5) is 5.69 Å². The average molecular weight is 568 g/mol. The molecule has 2 rings (SSSR count). The minimum Gasteiger partial charge on any atom is -0.463 e. The SMILES string of the molecule is CCOC(=O)C(=Cc1ccccc1[N+](=O)[O-])O[C@H]1O[C@@H](COC(C)=O)[C@@H](OC(C)=O)[C@@H](OC(C)=O)[C@@H]1OC(C)=O. The first kappa shape index (κ1) is 31.7. The van der Waals surface area contributed by atoms with Gasteiger partial charge in [-0.05, 0) is 13.0 Å². The lowest BCUT2D eigenvalue weighted by Gasteiger charge is -2.43. The predicted molar refractivity (Wildman–Crippen MR) is 131 cm³/mol. The second kappa shape index (κ2) is 14.6. The van der Waals surface area contributed by atoms with Crippen LogP contribution in [0.2, 0.25) is 0 Å². The number of nitro benzene ring substituents is 1. The van der Waals surface area contributed by atoms with Crippen LogP contribution in [0.3, 0.4) is 0 Å². The molecule has 1 aromatic carbocycles. The van der Waals surface area contributed by atoms with E-state index in [-0.39, 0.29) is 17.9 Å². The maximum absolute atomic E-state index is 12.8. The normalized spacial score (nSPS) is 22.3. The van der Waals surface area contributed by atoms with E-state index in [2.05, 4.69) is 0 Å². The number of nitrogens with zero attached hydrogens (tertiary/aromatic N) is 1. The molecule has 0 radical (unpaired) electrons. The number of benzene rings is 1. The average Bonchev–Trinajstić information content (AvgIpc) is 2.85. The first-order valence-electron chi connectivity index (χ1n) is 11.9. The summed E-state index contributed by atoms with van der Waals surface area (Å²) in [6.45, 7) is 5.12. The molecule has 0 aromatic heterocycles. The molecule has 1 aliphatic rings. The third kappa shape index (κ3) is 9.04. The fraction of sp³-hybridized carbons (Fsp3) is 0.480. The van der Waals surface area contributed by atoms with Crippen LogP contribution in [0.1, 0.15) is 40.2 Å². The largest absolute Gasteiger partial charge is 0.463 e. The summed E-state index contributed by atoms with van der Waals surface area (Å²) in [4.78, 5) is 71.0. The third-order valence-electron chi connectivity index (χ3n) is 5.09. The number of esters is 5. The highest BCUT2D eigenvalue weighted by atomic mass is 16.7. The van der Waals surface area contributed by atoms with Crippen molar-refractivity contribution in [1.29, 1.82) is 0 Å². The zero-order chi connectivity index (χ0) is 30.0. The number of hydrogen-bond donors (Lipinski definition) is 0. The number of para-hydroxylation sites is 1. The molecule has 0 saturated carbocycles. The van der Waals surface area contributed by atoms with Gasteiger partial charge in [-0.1, -0.05) is 12.1 Å². The highest BCUT2D eigenvalue weighted by molar-refractivity contribution is 5.92. The molecule has 1 heterocycles. The summed E-state index contributed by atoms with van der Waals surface area (Å²) in [6, 6.07) is 5.44. The third-order valence-corrected chi connectivity index (χ3v) is 5.09. The first-order chi connectivity index (χ1) is 18.8. The van der Waals surface area contributed by atoms with E-state index in [1.165, 1.54) is 31.2 Å². The topological polar surface area (TPSA) is 193 Å². The van der Waals surface area contributed by atoms with Crippen molar-refractivity contribution in [3.05, 3.63) is 45.7 Å². The van der Waals surface area contributed by atoms with E-state index in [1.54, 1.807) is 0 Å². The zero-order valence-corrected chi connectivity index (χ0v) is 22.4. The highest BCUT2D eigenvalue weighted by Gasteiger charge is 2.53. The van der Waals surface area contributed by atoms with Crippen LogP contribution in [-0.4, -0.2) is 78.7 Å². The van der Waals surface area contributed by atoms with Gasteiger partial charge >= 0.3 is 29.8 Å². The second-order valence-electron chi connectivity index (χ2n) is 8.23. The van der Waals surface area contributed by atoms with Gasteiger partial charge in [-0.15, -0.1) is 0 Å². The minimum atomic E-state index is -1.75. The molecule has 0 amide bonds. The minimum absolute atomic E-state index is 0.0406. The molecule has 40 heavy (non-hydrogen) atoms. The van der Waals surface area contributed by atoms with Crippen molar-refractivity contribution in [3.8, 4) is 0 Å². The van der Waals surface area contributed by atoms with Crippen molar-refractivity contribution in [1.82, 2.24) is 0 Å². The van der Waals surface area contributed by atoms with Gasteiger partial charge in [0.2, 0.25) is 18.2 Å². The van der Waals surface area contributed by atoms with Crippen molar-refractivity contribution in [2.75, 3.05) is 13.2 Å². The fourth-order valence-electron chi connectivity index (χ4n) is 3.67. The molecule has 1 fully saturated rings. The maximum atomic E-state index is 12.8. The van der Waals surface area contributed by atoms with Crippen molar-refractivity contribution < 1.29 is 62.1 Å². The summed E-state index contributed by atoms with van der Waals surface area (Å²) in [7, 11) is 0. The number of carbonyl (C=O) groups excluding carboxylic acids is 5. The van der Waals surface area contributed by atoms with Crippen LogP contribution in [0.15, 0.2) is 30.0 Å². The van der Waals surface area contributed by atoms with Gasteiger partial charge in [-0.2, -0.15) is 0 Å². The van der Waals surface area contributed by atoms with Crippen LogP contribution in [0, 0.1) is 10.1 Å². The van der Waals surface area contributed by atoms with Gasteiger partial charge in [0.15, 0.2) is 12.2 Å². The van der Waals surface area contributed by atoms with Crippen molar-refractivity contribution >= 4 is 41.6 Å². The molecule has 1 saturated heterocycles. The summed E-state index contributed by atoms with van der Waals surface area (Å²) >= 11 is 0. The van der Waals surface area contributed by atoms with Crippen LogP contribution < -0.4 is 0 Å². The Morgan fingerprint density at radius 3 is 1.98 bits per heavy atom. The summed E-state index contributed by atoms with van der Waals surface area (Å²) in [5.74, 6) is -4.97. The van der Waals surface area contributed by atoms with E-state index in [0.29, 0.717) is 0 Å². The molecule has 5 atom stereocenters. The fourth-order valence-corrected chi connectivity index (χ4v) is 3.67. The Morgan fingerprint density at radius 2 is 1.43 bits per heavy atom. The van der Waals surface area contributed by atoms with E-state index in [4.69, 9.17) is 33.2 Å². The monoisotopic (exact) mass is 567 g/mol.